The van der Waals surface area contributed by atoms with E-state index in [0.717, 1.165) is 50.3 Å². The number of nitrogens with zero attached hydrogens (tertiary/aromatic N) is 4. The van der Waals surface area contributed by atoms with Crippen molar-refractivity contribution in [1.82, 2.24) is 19.3 Å². The first-order valence-corrected chi connectivity index (χ1v) is 16.0. The van der Waals surface area contributed by atoms with Gasteiger partial charge < -0.3 is 9.30 Å². The van der Waals surface area contributed by atoms with Crippen molar-refractivity contribution < 1.29 is 25.2 Å². The van der Waals surface area contributed by atoms with Crippen LogP contribution >= 0.6 is 0 Å². The van der Waals surface area contributed by atoms with Gasteiger partial charge >= 0.3 is 20.4 Å². The van der Waals surface area contributed by atoms with Gasteiger partial charge in [0.15, 0.2) is 0 Å². The van der Waals surface area contributed by atoms with Crippen LogP contribution in [0.2, 0.25) is 0 Å². The zero-order valence-electron chi connectivity index (χ0n) is 27.8. The number of pyridine rings is 1. The number of rotatable bonds is 7. The summed E-state index contributed by atoms with van der Waals surface area (Å²) < 4.78 is 10.6. The third-order valence-electron chi connectivity index (χ3n) is 8.80. The average molecular weight is 709 g/mol. The van der Waals surface area contributed by atoms with Crippen molar-refractivity contribution in [2.45, 2.75) is 60.3 Å². The summed E-state index contributed by atoms with van der Waals surface area (Å²) in [5.74, 6) is 2.86. The minimum absolute atomic E-state index is 0. The number of aromatic nitrogens is 4. The molecule has 0 atom stereocenters. The molecule has 0 spiro atoms. The van der Waals surface area contributed by atoms with E-state index in [4.69, 9.17) is 14.8 Å². The summed E-state index contributed by atoms with van der Waals surface area (Å²) in [7, 11) is 0. The van der Waals surface area contributed by atoms with Crippen LogP contribution in [-0.4, -0.2) is 19.3 Å². The molecule has 6 heteroatoms. The third kappa shape index (κ3) is 5.82. The molecule has 0 bridgehead atoms. The van der Waals surface area contributed by atoms with Crippen LogP contribution in [0.1, 0.15) is 67.6 Å². The normalized spacial score (nSPS) is 11.5. The van der Waals surface area contributed by atoms with Gasteiger partial charge in [-0.15, -0.1) is 35.7 Å². The van der Waals surface area contributed by atoms with Gasteiger partial charge in [0.2, 0.25) is 0 Å². The second-order valence-electron chi connectivity index (χ2n) is 12.7. The fourth-order valence-corrected chi connectivity index (χ4v) is 6.63. The first-order chi connectivity index (χ1) is 22.2. The summed E-state index contributed by atoms with van der Waals surface area (Å²) in [6.45, 7) is 15.4. The summed E-state index contributed by atoms with van der Waals surface area (Å²) in [6.07, 6.45) is 1.85. The Morgan fingerprint density at radius 3 is 2.13 bits per heavy atom. The van der Waals surface area contributed by atoms with E-state index in [1.807, 2.05) is 41.2 Å². The minimum Gasteiger partial charge on any atom is -0.509 e. The van der Waals surface area contributed by atoms with E-state index >= 15 is 0 Å². The van der Waals surface area contributed by atoms with Gasteiger partial charge in [-0.1, -0.05) is 69.6 Å². The molecule has 238 valence electrons. The predicted molar refractivity (Wildman–Crippen MR) is 188 cm³/mol. The Hall–Kier alpha value is -4.50. The van der Waals surface area contributed by atoms with E-state index in [1.54, 1.807) is 0 Å². The van der Waals surface area contributed by atoms with Gasteiger partial charge in [0, 0.05) is 34.5 Å². The number of fused-ring (bicyclic) bond motifs is 3. The van der Waals surface area contributed by atoms with Crippen molar-refractivity contribution in [2.75, 3.05) is 0 Å². The summed E-state index contributed by atoms with van der Waals surface area (Å²) in [5, 5.41) is 7.28. The molecule has 0 aliphatic carbocycles. The van der Waals surface area contributed by atoms with Crippen molar-refractivity contribution >= 4 is 21.8 Å². The SMILES string of the molecule is Cc1ccnc(-n2c3[c-]c(Oc4[c-]c(-n5nc(C)c(-c6c(C(C)C)cccc6C(C)C)c5C)ccc4)ccc3c3ccccc32)c1.[Pd+2]. The summed E-state index contributed by atoms with van der Waals surface area (Å²) >= 11 is 0. The molecular weight excluding hydrogens is 671 g/mol. The number of hydrogen-bond donors (Lipinski definition) is 0. The van der Waals surface area contributed by atoms with Crippen LogP contribution in [0.15, 0.2) is 91.1 Å². The van der Waals surface area contributed by atoms with Gasteiger partial charge in [-0.05, 0) is 84.1 Å². The molecule has 0 amide bonds. The summed E-state index contributed by atoms with van der Waals surface area (Å²) in [5.41, 5.74) is 11.3. The number of ether oxygens (including phenoxy) is 1. The quantitative estimate of drug-likeness (QED) is 0.122. The van der Waals surface area contributed by atoms with Crippen LogP contribution in [0.3, 0.4) is 0 Å². The molecule has 0 N–H and O–H groups in total. The Bertz CT molecular complexity index is 2210. The van der Waals surface area contributed by atoms with Gasteiger partial charge in [0.05, 0.1) is 5.69 Å². The molecule has 3 heterocycles. The maximum Gasteiger partial charge on any atom is 2.00 e. The Labute approximate surface area is 290 Å². The maximum absolute atomic E-state index is 6.44. The molecule has 4 aromatic carbocycles. The van der Waals surface area contributed by atoms with Crippen LogP contribution < -0.4 is 4.74 Å². The zero-order valence-corrected chi connectivity index (χ0v) is 29.4. The molecule has 0 radical (unpaired) electrons. The van der Waals surface area contributed by atoms with E-state index in [1.165, 1.54) is 22.3 Å². The molecule has 0 aliphatic heterocycles. The van der Waals surface area contributed by atoms with E-state index in [9.17, 15) is 0 Å². The molecule has 7 rings (SSSR count). The van der Waals surface area contributed by atoms with Crippen LogP contribution in [0.4, 0.5) is 0 Å². The van der Waals surface area contributed by atoms with Gasteiger partial charge in [-0.2, -0.15) is 17.2 Å². The number of aryl methyl sites for hydroxylation is 2. The van der Waals surface area contributed by atoms with Gasteiger partial charge in [0.25, 0.3) is 0 Å². The molecule has 0 aliphatic rings. The van der Waals surface area contributed by atoms with E-state index in [2.05, 4.69) is 120 Å². The molecule has 0 unspecified atom stereocenters. The van der Waals surface area contributed by atoms with Crippen molar-refractivity contribution in [2.24, 2.45) is 0 Å². The number of benzene rings is 4. The molecule has 0 fully saturated rings. The molecule has 3 aromatic heterocycles. The molecule has 0 saturated heterocycles. The summed E-state index contributed by atoms with van der Waals surface area (Å²) in [4.78, 5) is 4.70. The molecule has 5 nitrogen and oxygen atoms in total. The Morgan fingerprint density at radius 2 is 1.40 bits per heavy atom. The van der Waals surface area contributed by atoms with Crippen molar-refractivity contribution in [3.05, 3.63) is 131 Å². The topological polar surface area (TPSA) is 44.9 Å². The van der Waals surface area contributed by atoms with E-state index in [-0.39, 0.29) is 20.4 Å². The smallest absolute Gasteiger partial charge is 0.509 e. The van der Waals surface area contributed by atoms with Gasteiger partial charge in [0.1, 0.15) is 5.82 Å². The Balaban J connectivity index is 0.00000386. The number of para-hydroxylation sites is 1. The Kier molecular flexibility index (Phi) is 8.94. The maximum atomic E-state index is 6.44. The predicted octanol–water partition coefficient (Wildman–Crippen LogP) is 10.6. The van der Waals surface area contributed by atoms with Crippen molar-refractivity contribution in [1.29, 1.82) is 0 Å². The van der Waals surface area contributed by atoms with Crippen LogP contribution in [0, 0.1) is 32.9 Å². The molecule has 0 saturated carbocycles. The molecule has 47 heavy (non-hydrogen) atoms. The fourth-order valence-electron chi connectivity index (χ4n) is 6.63. The third-order valence-corrected chi connectivity index (χ3v) is 8.80. The van der Waals surface area contributed by atoms with Crippen molar-refractivity contribution in [3.63, 3.8) is 0 Å². The largest absolute Gasteiger partial charge is 2.00 e. The zero-order chi connectivity index (χ0) is 32.1. The van der Waals surface area contributed by atoms with E-state index < -0.39 is 0 Å². The Morgan fingerprint density at radius 1 is 0.702 bits per heavy atom. The number of hydrogen-bond acceptors (Lipinski definition) is 3. The first-order valence-electron chi connectivity index (χ1n) is 16.0. The van der Waals surface area contributed by atoms with Crippen molar-refractivity contribution in [3.8, 4) is 34.1 Å². The van der Waals surface area contributed by atoms with Crippen LogP contribution in [0.25, 0.3) is 44.4 Å². The fraction of sp³-hybridized carbons (Fsp3) is 0.220. The molecular formula is C41H38N4OPd. The standard InChI is InChI=1S/C41H38N4O.Pd/c1-25(2)33-15-11-16-34(26(3)4)41(33)40-28(6)43-45(29(40)7)30-12-10-13-31(23-30)46-32-18-19-36-35-14-8-9-17-37(35)44(38(36)24-32)39-22-27(5)20-21-42-39;/h8-22,25-26H,1-7H3;/q-2;+2. The van der Waals surface area contributed by atoms with Gasteiger partial charge in [-0.3, -0.25) is 4.68 Å². The average Bonchev–Trinajstić information content (AvgIpc) is 3.53. The van der Waals surface area contributed by atoms with Crippen LogP contribution in [-0.2, 0) is 20.4 Å². The first kappa shape index (κ1) is 32.4. The minimum atomic E-state index is 0. The van der Waals surface area contributed by atoms with Crippen LogP contribution in [0.5, 0.6) is 11.5 Å². The van der Waals surface area contributed by atoms with Gasteiger partial charge in [-0.25, -0.2) is 4.98 Å². The second kappa shape index (κ2) is 13.0. The summed E-state index contributed by atoms with van der Waals surface area (Å²) in [6, 6.07) is 36.2. The second-order valence-corrected chi connectivity index (χ2v) is 12.7. The van der Waals surface area contributed by atoms with E-state index in [0.29, 0.717) is 23.3 Å². The monoisotopic (exact) mass is 708 g/mol. The molecule has 7 aromatic rings.